The second kappa shape index (κ2) is 3.87. The first-order valence-electron chi connectivity index (χ1n) is 4.32. The van der Waals surface area contributed by atoms with Crippen molar-refractivity contribution in [3.8, 4) is 0 Å². The first-order chi connectivity index (χ1) is 6.88. The number of benzene rings is 1. The van der Waals surface area contributed by atoms with E-state index in [0.717, 1.165) is 11.3 Å². The maximum atomic E-state index is 10.3. The summed E-state index contributed by atoms with van der Waals surface area (Å²) < 4.78 is 4.91. The highest BCUT2D eigenvalue weighted by molar-refractivity contribution is 5.67. The van der Waals surface area contributed by atoms with Crippen LogP contribution in [0.2, 0.25) is 0 Å². The van der Waals surface area contributed by atoms with E-state index < -0.39 is 0 Å². The molecule has 0 atom stereocenters. The average molecular weight is 187 g/mol. The lowest BCUT2D eigenvalue weighted by Gasteiger charge is -1.94. The highest BCUT2D eigenvalue weighted by Gasteiger charge is 2.02. The summed E-state index contributed by atoms with van der Waals surface area (Å²) in [6, 6.07) is 9.92. The number of hydrogen-bond donors (Lipinski definition) is 0. The Bertz CT molecular complexity index is 420. The standard InChI is InChI=1S/C11H9NO2/c13-7-11-12-10(8-14-11)6-9-4-2-1-3-5-9/h1-5,7-8H,6H2. The van der Waals surface area contributed by atoms with E-state index in [-0.39, 0.29) is 5.89 Å². The predicted octanol–water partition coefficient (Wildman–Crippen LogP) is 2.08. The number of oxazole rings is 1. The second-order valence-electron chi connectivity index (χ2n) is 2.96. The molecule has 0 aliphatic heterocycles. The molecular formula is C11H9NO2. The number of rotatable bonds is 3. The molecule has 0 aliphatic rings. The topological polar surface area (TPSA) is 43.1 Å². The third-order valence-electron chi connectivity index (χ3n) is 1.90. The van der Waals surface area contributed by atoms with Crippen LogP contribution in [0.15, 0.2) is 41.0 Å². The minimum atomic E-state index is 0.135. The lowest BCUT2D eigenvalue weighted by atomic mass is 10.1. The Labute approximate surface area is 81.4 Å². The molecule has 0 N–H and O–H groups in total. The Balaban J connectivity index is 2.15. The number of nitrogens with zero attached hydrogens (tertiary/aromatic N) is 1. The molecule has 0 spiro atoms. The SMILES string of the molecule is O=Cc1nc(Cc2ccccc2)co1. The van der Waals surface area contributed by atoms with Crippen LogP contribution in [0, 0.1) is 0 Å². The number of carbonyl (C=O) groups is 1. The lowest BCUT2D eigenvalue weighted by Crippen LogP contribution is -1.88. The van der Waals surface area contributed by atoms with Gasteiger partial charge < -0.3 is 4.42 Å². The lowest BCUT2D eigenvalue weighted by molar-refractivity contribution is 0.109. The fraction of sp³-hybridized carbons (Fsp3) is 0.0909. The third-order valence-corrected chi connectivity index (χ3v) is 1.90. The quantitative estimate of drug-likeness (QED) is 0.691. The number of hydrogen-bond acceptors (Lipinski definition) is 3. The molecule has 0 aliphatic carbocycles. The van der Waals surface area contributed by atoms with Crippen molar-refractivity contribution < 1.29 is 9.21 Å². The summed E-state index contributed by atoms with van der Waals surface area (Å²) in [5.41, 5.74) is 1.93. The molecular weight excluding hydrogens is 178 g/mol. The molecule has 1 aromatic carbocycles. The van der Waals surface area contributed by atoms with Gasteiger partial charge >= 0.3 is 0 Å². The fourth-order valence-corrected chi connectivity index (χ4v) is 1.26. The van der Waals surface area contributed by atoms with Crippen molar-refractivity contribution in [3.05, 3.63) is 53.7 Å². The molecule has 1 aromatic heterocycles. The van der Waals surface area contributed by atoms with Crippen molar-refractivity contribution in [2.45, 2.75) is 6.42 Å². The van der Waals surface area contributed by atoms with Crippen LogP contribution >= 0.6 is 0 Å². The smallest absolute Gasteiger partial charge is 0.259 e. The molecule has 1 heterocycles. The van der Waals surface area contributed by atoms with Gasteiger partial charge in [0.25, 0.3) is 5.89 Å². The summed E-state index contributed by atoms with van der Waals surface area (Å²) >= 11 is 0. The molecule has 3 heteroatoms. The molecule has 70 valence electrons. The van der Waals surface area contributed by atoms with Crippen LogP contribution < -0.4 is 0 Å². The van der Waals surface area contributed by atoms with E-state index in [1.807, 2.05) is 30.3 Å². The highest BCUT2D eigenvalue weighted by atomic mass is 16.3. The minimum absolute atomic E-state index is 0.135. The van der Waals surface area contributed by atoms with Gasteiger partial charge in [0.15, 0.2) is 0 Å². The van der Waals surface area contributed by atoms with Crippen molar-refractivity contribution in [2.24, 2.45) is 0 Å². The zero-order chi connectivity index (χ0) is 9.80. The molecule has 0 radical (unpaired) electrons. The van der Waals surface area contributed by atoms with Gasteiger partial charge in [0.05, 0.1) is 5.69 Å². The van der Waals surface area contributed by atoms with E-state index in [2.05, 4.69) is 4.98 Å². The maximum absolute atomic E-state index is 10.3. The van der Waals surface area contributed by atoms with Crippen molar-refractivity contribution in [1.29, 1.82) is 0 Å². The summed E-state index contributed by atoms with van der Waals surface area (Å²) in [7, 11) is 0. The van der Waals surface area contributed by atoms with Crippen LogP contribution in [0.1, 0.15) is 21.9 Å². The molecule has 0 saturated heterocycles. The zero-order valence-electron chi connectivity index (χ0n) is 7.51. The maximum Gasteiger partial charge on any atom is 0.259 e. The van der Waals surface area contributed by atoms with Gasteiger partial charge in [-0.2, -0.15) is 0 Å². The molecule has 14 heavy (non-hydrogen) atoms. The van der Waals surface area contributed by atoms with E-state index in [4.69, 9.17) is 4.42 Å². The first-order valence-corrected chi connectivity index (χ1v) is 4.32. The van der Waals surface area contributed by atoms with Gasteiger partial charge in [-0.25, -0.2) is 4.98 Å². The predicted molar refractivity (Wildman–Crippen MR) is 51.1 cm³/mol. The van der Waals surface area contributed by atoms with Gasteiger partial charge in [0.2, 0.25) is 6.29 Å². The molecule has 3 nitrogen and oxygen atoms in total. The first kappa shape index (κ1) is 8.69. The van der Waals surface area contributed by atoms with Gasteiger partial charge in [0.1, 0.15) is 6.26 Å². The molecule has 0 unspecified atom stereocenters. The van der Waals surface area contributed by atoms with Crippen LogP contribution in [0.4, 0.5) is 0 Å². The van der Waals surface area contributed by atoms with Gasteiger partial charge in [-0.05, 0) is 5.56 Å². The van der Waals surface area contributed by atoms with Gasteiger partial charge in [0, 0.05) is 6.42 Å². The Hall–Kier alpha value is -1.90. The van der Waals surface area contributed by atoms with E-state index in [0.29, 0.717) is 12.7 Å². The van der Waals surface area contributed by atoms with E-state index in [1.54, 1.807) is 0 Å². The van der Waals surface area contributed by atoms with E-state index in [9.17, 15) is 4.79 Å². The summed E-state index contributed by atoms with van der Waals surface area (Å²) in [4.78, 5) is 14.3. The monoisotopic (exact) mass is 187 g/mol. The van der Waals surface area contributed by atoms with E-state index >= 15 is 0 Å². The fourth-order valence-electron chi connectivity index (χ4n) is 1.26. The second-order valence-corrected chi connectivity index (χ2v) is 2.96. The number of carbonyl (C=O) groups excluding carboxylic acids is 1. The van der Waals surface area contributed by atoms with Crippen molar-refractivity contribution >= 4 is 6.29 Å². The number of aromatic nitrogens is 1. The van der Waals surface area contributed by atoms with Crippen molar-refractivity contribution in [1.82, 2.24) is 4.98 Å². The molecule has 0 bridgehead atoms. The van der Waals surface area contributed by atoms with Crippen LogP contribution in [0.5, 0.6) is 0 Å². The normalized spacial score (nSPS) is 10.0. The van der Waals surface area contributed by atoms with Crippen molar-refractivity contribution in [3.63, 3.8) is 0 Å². The van der Waals surface area contributed by atoms with Crippen LogP contribution in [0.3, 0.4) is 0 Å². The van der Waals surface area contributed by atoms with Gasteiger partial charge in [-0.1, -0.05) is 30.3 Å². The zero-order valence-corrected chi connectivity index (χ0v) is 7.51. The minimum Gasteiger partial charge on any atom is -0.442 e. The summed E-state index contributed by atoms with van der Waals surface area (Å²) in [6.07, 6.45) is 2.81. The molecule has 2 rings (SSSR count). The Kier molecular flexibility index (Phi) is 2.40. The average Bonchev–Trinajstić information content (AvgIpc) is 2.67. The summed E-state index contributed by atoms with van der Waals surface area (Å²) in [5.74, 6) is 0.135. The highest BCUT2D eigenvalue weighted by Crippen LogP contribution is 2.08. The molecule has 0 fully saturated rings. The van der Waals surface area contributed by atoms with E-state index in [1.165, 1.54) is 6.26 Å². The third kappa shape index (κ3) is 1.88. The van der Waals surface area contributed by atoms with Gasteiger partial charge in [-0.15, -0.1) is 0 Å². The van der Waals surface area contributed by atoms with Crippen LogP contribution in [0.25, 0.3) is 0 Å². The number of aldehydes is 1. The summed E-state index contributed by atoms with van der Waals surface area (Å²) in [6.45, 7) is 0. The Morgan fingerprint density at radius 2 is 2.07 bits per heavy atom. The summed E-state index contributed by atoms with van der Waals surface area (Å²) in [5, 5.41) is 0. The molecule has 2 aromatic rings. The van der Waals surface area contributed by atoms with Gasteiger partial charge in [-0.3, -0.25) is 4.79 Å². The largest absolute Gasteiger partial charge is 0.442 e. The molecule has 0 amide bonds. The van der Waals surface area contributed by atoms with Crippen molar-refractivity contribution in [2.75, 3.05) is 0 Å². The Morgan fingerprint density at radius 3 is 2.71 bits per heavy atom. The molecule has 0 saturated carbocycles. The Morgan fingerprint density at radius 1 is 1.29 bits per heavy atom. The van der Waals surface area contributed by atoms with Crippen LogP contribution in [-0.4, -0.2) is 11.3 Å². The van der Waals surface area contributed by atoms with Crippen LogP contribution in [-0.2, 0) is 6.42 Å².